The minimum absolute atomic E-state index is 0.122. The fourth-order valence-corrected chi connectivity index (χ4v) is 3.51. The molecule has 0 aliphatic rings. The summed E-state index contributed by atoms with van der Waals surface area (Å²) in [6.07, 6.45) is 2.35. The molecular weight excluding hydrogens is 298 g/mol. The maximum absolute atomic E-state index is 11.0. The van der Waals surface area contributed by atoms with Gasteiger partial charge in [-0.3, -0.25) is 9.13 Å². The average Bonchev–Trinajstić information content (AvgIpc) is 2.67. The van der Waals surface area contributed by atoms with E-state index in [9.17, 15) is 9.13 Å². The molecule has 0 saturated heterocycles. The first-order valence-electron chi connectivity index (χ1n) is 5.47. The first-order valence-corrected chi connectivity index (χ1v) is 8.83. The maximum Gasteiger partial charge on any atom is 0.360 e. The van der Waals surface area contributed by atoms with Crippen LogP contribution in [0.4, 0.5) is 5.82 Å². The van der Waals surface area contributed by atoms with Crippen molar-refractivity contribution < 1.29 is 33.2 Å². The Morgan fingerprint density at radius 1 is 1.32 bits per heavy atom. The number of hydrogen-bond donors (Lipinski definition) is 5. The van der Waals surface area contributed by atoms with Crippen LogP contribution in [0.3, 0.4) is 0 Å². The number of rotatable bonds is 7. The lowest BCUT2D eigenvalue weighted by Crippen LogP contribution is -2.20. The summed E-state index contributed by atoms with van der Waals surface area (Å²) in [4.78, 5) is 35.7. The molecular formula is C8H16N2O7P2. The summed E-state index contributed by atoms with van der Waals surface area (Å²) in [5.41, 5.74) is -2.33. The van der Waals surface area contributed by atoms with Gasteiger partial charge in [0.25, 0.3) is 0 Å². The molecule has 0 atom stereocenters. The van der Waals surface area contributed by atoms with Crippen molar-refractivity contribution in [1.82, 2.24) is 5.16 Å². The molecule has 11 heteroatoms. The maximum atomic E-state index is 11.0. The molecule has 1 heterocycles. The van der Waals surface area contributed by atoms with Gasteiger partial charge >= 0.3 is 15.2 Å². The van der Waals surface area contributed by atoms with Gasteiger partial charge in [0.05, 0.1) is 0 Å². The summed E-state index contributed by atoms with van der Waals surface area (Å²) < 4.78 is 27.0. The molecule has 0 unspecified atom stereocenters. The second kappa shape index (κ2) is 6.17. The Morgan fingerprint density at radius 3 is 2.37 bits per heavy atom. The van der Waals surface area contributed by atoms with Crippen molar-refractivity contribution in [2.75, 3.05) is 5.32 Å². The normalized spacial score (nSPS) is 12.9. The van der Waals surface area contributed by atoms with Gasteiger partial charge in [-0.2, -0.15) is 0 Å². The van der Waals surface area contributed by atoms with E-state index in [1.807, 2.05) is 12.2 Å². The predicted molar refractivity (Wildman–Crippen MR) is 66.6 cm³/mol. The minimum atomic E-state index is -5.03. The van der Waals surface area contributed by atoms with Gasteiger partial charge in [0.15, 0.2) is 5.82 Å². The number of hydrogen-bond acceptors (Lipinski definition) is 5. The molecule has 9 nitrogen and oxygen atoms in total. The Kier molecular flexibility index (Phi) is 5.32. The Bertz CT molecular complexity index is 483. The molecule has 19 heavy (non-hydrogen) atoms. The standard InChI is InChI=1S/C8H16N2O7P2/c1-2-3-4-6-5-7(10-17-6)9-8(18(11,12)13)19(14,15)16/h5,8H,2-4H2,1H3,(H,9,10)(H2,11,12,13)(H2,14,15,16). The molecule has 1 aromatic rings. The number of nitrogens with zero attached hydrogens (tertiary/aromatic N) is 1. The summed E-state index contributed by atoms with van der Waals surface area (Å²) in [7, 11) is -10.1. The van der Waals surface area contributed by atoms with E-state index < -0.39 is 20.7 Å². The third kappa shape index (κ3) is 5.06. The molecule has 0 aliphatic heterocycles. The minimum Gasteiger partial charge on any atom is -0.359 e. The van der Waals surface area contributed by atoms with Crippen LogP contribution in [0.15, 0.2) is 10.6 Å². The van der Waals surface area contributed by atoms with Crippen LogP contribution in [0.2, 0.25) is 0 Å². The van der Waals surface area contributed by atoms with Gasteiger partial charge in [-0.05, 0) is 6.42 Å². The molecule has 1 rings (SSSR count). The zero-order valence-electron chi connectivity index (χ0n) is 10.1. The summed E-state index contributed by atoms with van der Waals surface area (Å²) >= 11 is 0. The zero-order chi connectivity index (χ0) is 14.7. The van der Waals surface area contributed by atoms with Crippen LogP contribution in [0, 0.1) is 0 Å². The highest BCUT2D eigenvalue weighted by atomic mass is 31.2. The van der Waals surface area contributed by atoms with Gasteiger partial charge in [0.2, 0.25) is 5.52 Å². The SMILES string of the molecule is CCCCc1cc(NC(P(=O)(O)O)P(=O)(O)O)no1. The van der Waals surface area contributed by atoms with Gasteiger partial charge in [-0.25, -0.2) is 0 Å². The number of aromatic nitrogens is 1. The van der Waals surface area contributed by atoms with E-state index in [1.165, 1.54) is 6.07 Å². The predicted octanol–water partition coefficient (Wildman–Crippen LogP) is 1.07. The van der Waals surface area contributed by atoms with Crippen molar-refractivity contribution in [3.8, 4) is 0 Å². The van der Waals surface area contributed by atoms with E-state index in [0.29, 0.717) is 12.2 Å². The Hall–Kier alpha value is -0.690. The van der Waals surface area contributed by atoms with Crippen molar-refractivity contribution >= 4 is 21.0 Å². The van der Waals surface area contributed by atoms with Crippen molar-refractivity contribution in [1.29, 1.82) is 0 Å². The topological polar surface area (TPSA) is 153 Å². The fraction of sp³-hybridized carbons (Fsp3) is 0.625. The van der Waals surface area contributed by atoms with Crippen LogP contribution >= 0.6 is 15.2 Å². The third-order valence-corrected chi connectivity index (χ3v) is 5.59. The molecule has 0 aliphatic carbocycles. The molecule has 5 N–H and O–H groups in total. The monoisotopic (exact) mass is 314 g/mol. The van der Waals surface area contributed by atoms with Crippen molar-refractivity contribution in [3.63, 3.8) is 0 Å². The lowest BCUT2D eigenvalue weighted by atomic mass is 10.2. The Labute approximate surface area is 109 Å². The van der Waals surface area contributed by atoms with Gasteiger partial charge in [-0.15, -0.1) is 0 Å². The van der Waals surface area contributed by atoms with Crippen molar-refractivity contribution in [2.45, 2.75) is 31.7 Å². The molecule has 0 spiro atoms. The molecule has 0 amide bonds. The van der Waals surface area contributed by atoms with Crippen LogP contribution in [-0.4, -0.2) is 30.3 Å². The summed E-state index contributed by atoms with van der Waals surface area (Å²) in [6, 6.07) is 1.36. The molecule has 0 fully saturated rings. The lowest BCUT2D eigenvalue weighted by molar-refractivity contribution is 0.342. The Balaban J connectivity index is 2.83. The lowest BCUT2D eigenvalue weighted by Gasteiger charge is -2.19. The van der Waals surface area contributed by atoms with Crippen LogP contribution in [0.1, 0.15) is 25.5 Å². The van der Waals surface area contributed by atoms with Gasteiger partial charge < -0.3 is 29.4 Å². The van der Waals surface area contributed by atoms with Gasteiger partial charge in [0.1, 0.15) is 5.76 Å². The largest absolute Gasteiger partial charge is 0.360 e. The summed E-state index contributed by atoms with van der Waals surface area (Å²) in [6.45, 7) is 1.98. The molecule has 0 aromatic carbocycles. The average molecular weight is 314 g/mol. The summed E-state index contributed by atoms with van der Waals surface area (Å²) in [5, 5.41) is 5.49. The number of nitrogens with one attached hydrogen (secondary N) is 1. The van der Waals surface area contributed by atoms with Crippen LogP contribution in [0.5, 0.6) is 0 Å². The zero-order valence-corrected chi connectivity index (χ0v) is 11.9. The number of anilines is 1. The Morgan fingerprint density at radius 2 is 1.89 bits per heavy atom. The third-order valence-electron chi connectivity index (χ3n) is 2.25. The van der Waals surface area contributed by atoms with E-state index >= 15 is 0 Å². The van der Waals surface area contributed by atoms with E-state index in [0.717, 1.165) is 12.8 Å². The van der Waals surface area contributed by atoms with Crippen molar-refractivity contribution in [2.24, 2.45) is 0 Å². The second-order valence-corrected chi connectivity index (χ2v) is 7.77. The highest BCUT2D eigenvalue weighted by Crippen LogP contribution is 2.59. The van der Waals surface area contributed by atoms with Crippen molar-refractivity contribution in [3.05, 3.63) is 11.8 Å². The quantitative estimate of drug-likeness (QED) is 0.465. The molecule has 0 saturated carbocycles. The van der Waals surface area contributed by atoms with Crippen LogP contribution in [0.25, 0.3) is 0 Å². The van der Waals surface area contributed by atoms with E-state index in [2.05, 4.69) is 5.16 Å². The molecule has 0 radical (unpaired) electrons. The number of aryl methyl sites for hydroxylation is 1. The molecule has 110 valence electrons. The first kappa shape index (κ1) is 16.4. The highest BCUT2D eigenvalue weighted by Gasteiger charge is 2.44. The van der Waals surface area contributed by atoms with E-state index in [1.54, 1.807) is 0 Å². The molecule has 0 bridgehead atoms. The molecule has 1 aromatic heterocycles. The first-order chi connectivity index (χ1) is 8.64. The van der Waals surface area contributed by atoms with E-state index in [-0.39, 0.29) is 5.82 Å². The smallest absolute Gasteiger partial charge is 0.359 e. The van der Waals surface area contributed by atoms with Gasteiger partial charge in [-0.1, -0.05) is 18.5 Å². The van der Waals surface area contributed by atoms with Gasteiger partial charge in [0, 0.05) is 12.5 Å². The number of unbranched alkanes of at least 4 members (excludes halogenated alkanes) is 1. The van der Waals surface area contributed by atoms with Crippen LogP contribution < -0.4 is 5.32 Å². The van der Waals surface area contributed by atoms with E-state index in [4.69, 9.17) is 24.1 Å². The van der Waals surface area contributed by atoms with Crippen LogP contribution in [-0.2, 0) is 15.6 Å². The highest BCUT2D eigenvalue weighted by molar-refractivity contribution is 7.71. The fourth-order valence-electron chi connectivity index (χ4n) is 1.35. The summed E-state index contributed by atoms with van der Waals surface area (Å²) in [5.74, 6) is 0.349. The second-order valence-electron chi connectivity index (χ2n) is 3.98.